The Morgan fingerprint density at radius 1 is 1.45 bits per heavy atom. The second-order valence-electron chi connectivity index (χ2n) is 3.93. The standard InChI is InChI=1S/C11H16N8O/c1-3-18(7-8(20)13-2)10-15-9(12)16-11(17-10)19-6-4-5-14-19/h4-6H,3,7H2,1-2H3,(H,13,20)(H2,12,15,16,17). The molecule has 0 radical (unpaired) electrons. The maximum absolute atomic E-state index is 11.5. The van der Waals surface area contributed by atoms with Crippen molar-refractivity contribution in [3.8, 4) is 5.95 Å². The molecular formula is C11H16N8O. The van der Waals surface area contributed by atoms with Crippen LogP contribution in [0.15, 0.2) is 18.5 Å². The molecule has 2 heterocycles. The lowest BCUT2D eigenvalue weighted by Gasteiger charge is -2.20. The minimum atomic E-state index is -0.133. The van der Waals surface area contributed by atoms with Crippen molar-refractivity contribution in [3.05, 3.63) is 18.5 Å². The molecule has 0 aliphatic carbocycles. The molecule has 0 aromatic carbocycles. The van der Waals surface area contributed by atoms with Crippen molar-refractivity contribution in [1.82, 2.24) is 30.0 Å². The molecule has 0 atom stereocenters. The van der Waals surface area contributed by atoms with E-state index in [4.69, 9.17) is 5.73 Å². The number of hydrogen-bond donors (Lipinski definition) is 2. The summed E-state index contributed by atoms with van der Waals surface area (Å²) in [6.45, 7) is 2.61. The van der Waals surface area contributed by atoms with Gasteiger partial charge in [-0.2, -0.15) is 20.1 Å². The van der Waals surface area contributed by atoms with Crippen molar-refractivity contribution in [1.29, 1.82) is 0 Å². The monoisotopic (exact) mass is 276 g/mol. The second-order valence-corrected chi connectivity index (χ2v) is 3.93. The number of amides is 1. The van der Waals surface area contributed by atoms with Gasteiger partial charge in [0.2, 0.25) is 17.8 Å². The highest BCUT2D eigenvalue weighted by Gasteiger charge is 2.14. The lowest BCUT2D eigenvalue weighted by Crippen LogP contribution is -2.36. The maximum Gasteiger partial charge on any atom is 0.257 e. The topological polar surface area (TPSA) is 115 Å². The van der Waals surface area contributed by atoms with E-state index in [1.807, 2.05) is 6.92 Å². The molecular weight excluding hydrogens is 260 g/mol. The van der Waals surface area contributed by atoms with Gasteiger partial charge in [0.05, 0.1) is 6.54 Å². The average Bonchev–Trinajstić information content (AvgIpc) is 2.97. The van der Waals surface area contributed by atoms with Gasteiger partial charge in [-0.1, -0.05) is 0 Å². The quantitative estimate of drug-likeness (QED) is 0.735. The molecule has 0 aliphatic heterocycles. The van der Waals surface area contributed by atoms with Gasteiger partial charge >= 0.3 is 0 Å². The van der Waals surface area contributed by atoms with Gasteiger partial charge in [-0.15, -0.1) is 0 Å². The van der Waals surface area contributed by atoms with Crippen LogP contribution in [0.5, 0.6) is 0 Å². The van der Waals surface area contributed by atoms with Crippen LogP contribution in [0.2, 0.25) is 0 Å². The fraction of sp³-hybridized carbons (Fsp3) is 0.364. The minimum absolute atomic E-state index is 0.0795. The number of nitrogens with two attached hydrogens (primary N) is 1. The maximum atomic E-state index is 11.5. The van der Waals surface area contributed by atoms with Crippen molar-refractivity contribution in [2.45, 2.75) is 6.92 Å². The normalized spacial score (nSPS) is 10.3. The smallest absolute Gasteiger partial charge is 0.257 e. The Balaban J connectivity index is 2.33. The molecule has 0 fully saturated rings. The summed E-state index contributed by atoms with van der Waals surface area (Å²) < 4.78 is 1.48. The Labute approximate surface area is 115 Å². The minimum Gasteiger partial charge on any atom is -0.368 e. The van der Waals surface area contributed by atoms with E-state index >= 15 is 0 Å². The predicted molar refractivity (Wildman–Crippen MR) is 73.3 cm³/mol. The van der Waals surface area contributed by atoms with Crippen LogP contribution in [0.25, 0.3) is 5.95 Å². The summed E-state index contributed by atoms with van der Waals surface area (Å²) in [4.78, 5) is 25.5. The molecule has 2 aromatic heterocycles. The molecule has 9 nitrogen and oxygen atoms in total. The molecule has 0 aliphatic rings. The molecule has 0 saturated carbocycles. The van der Waals surface area contributed by atoms with E-state index in [2.05, 4.69) is 25.4 Å². The Morgan fingerprint density at radius 2 is 2.25 bits per heavy atom. The summed E-state index contributed by atoms with van der Waals surface area (Å²) in [5.41, 5.74) is 5.69. The number of rotatable bonds is 5. The van der Waals surface area contributed by atoms with Crippen molar-refractivity contribution in [2.75, 3.05) is 30.8 Å². The van der Waals surface area contributed by atoms with E-state index in [0.717, 1.165) is 0 Å². The molecule has 3 N–H and O–H groups in total. The lowest BCUT2D eigenvalue weighted by molar-refractivity contribution is -0.119. The molecule has 106 valence electrons. The Bertz CT molecular complexity index is 582. The van der Waals surface area contributed by atoms with Gasteiger partial charge in [-0.25, -0.2) is 4.68 Å². The first-order valence-corrected chi connectivity index (χ1v) is 6.11. The first kappa shape index (κ1) is 13.7. The van der Waals surface area contributed by atoms with Gasteiger partial charge in [-0.3, -0.25) is 4.79 Å². The molecule has 2 rings (SSSR count). The number of carbonyl (C=O) groups excluding carboxylic acids is 1. The summed E-state index contributed by atoms with van der Waals surface area (Å²) in [7, 11) is 1.58. The fourth-order valence-corrected chi connectivity index (χ4v) is 1.58. The second kappa shape index (κ2) is 5.95. The van der Waals surface area contributed by atoms with Crippen LogP contribution in [-0.2, 0) is 4.79 Å². The Morgan fingerprint density at radius 3 is 2.85 bits per heavy atom. The molecule has 0 unspecified atom stereocenters. The summed E-state index contributed by atoms with van der Waals surface area (Å²) in [6, 6.07) is 1.75. The highest BCUT2D eigenvalue weighted by atomic mass is 16.1. The summed E-state index contributed by atoms with van der Waals surface area (Å²) in [5, 5.41) is 6.60. The highest BCUT2D eigenvalue weighted by Crippen LogP contribution is 2.11. The van der Waals surface area contributed by atoms with E-state index in [-0.39, 0.29) is 18.4 Å². The van der Waals surface area contributed by atoms with Crippen LogP contribution in [0.1, 0.15) is 6.92 Å². The van der Waals surface area contributed by atoms with Gasteiger partial charge in [0.1, 0.15) is 0 Å². The Kier molecular flexibility index (Phi) is 4.08. The summed E-state index contributed by atoms with van der Waals surface area (Å²) >= 11 is 0. The van der Waals surface area contributed by atoms with Crippen LogP contribution in [0, 0.1) is 0 Å². The number of nitrogens with one attached hydrogen (secondary N) is 1. The van der Waals surface area contributed by atoms with Crippen molar-refractivity contribution in [3.63, 3.8) is 0 Å². The molecule has 0 saturated heterocycles. The van der Waals surface area contributed by atoms with E-state index in [1.165, 1.54) is 4.68 Å². The number of likely N-dealkylation sites (N-methyl/N-ethyl adjacent to an activating group) is 2. The largest absolute Gasteiger partial charge is 0.368 e. The van der Waals surface area contributed by atoms with Gasteiger partial charge in [0.15, 0.2) is 0 Å². The van der Waals surface area contributed by atoms with Crippen molar-refractivity contribution in [2.24, 2.45) is 0 Å². The van der Waals surface area contributed by atoms with Gasteiger partial charge in [0, 0.05) is 26.0 Å². The Hall–Kier alpha value is -2.71. The van der Waals surface area contributed by atoms with Crippen LogP contribution >= 0.6 is 0 Å². The summed E-state index contributed by atoms with van der Waals surface area (Å²) in [6.07, 6.45) is 3.31. The number of hydrogen-bond acceptors (Lipinski definition) is 7. The van der Waals surface area contributed by atoms with Crippen LogP contribution < -0.4 is 16.0 Å². The molecule has 0 bridgehead atoms. The van der Waals surface area contributed by atoms with Gasteiger partial charge < -0.3 is 16.0 Å². The molecule has 1 amide bonds. The zero-order valence-electron chi connectivity index (χ0n) is 11.3. The molecule has 0 spiro atoms. The molecule has 20 heavy (non-hydrogen) atoms. The number of anilines is 2. The first-order chi connectivity index (χ1) is 9.63. The van der Waals surface area contributed by atoms with E-state index in [0.29, 0.717) is 18.4 Å². The zero-order chi connectivity index (χ0) is 14.5. The molecule has 2 aromatic rings. The fourth-order valence-electron chi connectivity index (χ4n) is 1.58. The lowest BCUT2D eigenvalue weighted by atomic mass is 10.5. The average molecular weight is 276 g/mol. The summed E-state index contributed by atoms with van der Waals surface area (Å²) in [5.74, 6) is 0.601. The van der Waals surface area contributed by atoms with E-state index < -0.39 is 0 Å². The number of nitrogen functional groups attached to an aromatic ring is 1. The third kappa shape index (κ3) is 2.99. The van der Waals surface area contributed by atoms with E-state index in [1.54, 1.807) is 30.4 Å². The van der Waals surface area contributed by atoms with Gasteiger partial charge in [0.25, 0.3) is 5.95 Å². The van der Waals surface area contributed by atoms with Gasteiger partial charge in [-0.05, 0) is 13.0 Å². The van der Waals surface area contributed by atoms with Crippen LogP contribution in [0.3, 0.4) is 0 Å². The first-order valence-electron chi connectivity index (χ1n) is 6.11. The third-order valence-electron chi connectivity index (χ3n) is 2.62. The van der Waals surface area contributed by atoms with E-state index in [9.17, 15) is 4.79 Å². The van der Waals surface area contributed by atoms with Crippen molar-refractivity contribution < 1.29 is 4.79 Å². The third-order valence-corrected chi connectivity index (χ3v) is 2.62. The highest BCUT2D eigenvalue weighted by molar-refractivity contribution is 5.80. The van der Waals surface area contributed by atoms with Crippen LogP contribution in [-0.4, -0.2) is 50.8 Å². The molecule has 9 heteroatoms. The van der Waals surface area contributed by atoms with Crippen molar-refractivity contribution >= 4 is 17.8 Å². The van der Waals surface area contributed by atoms with Crippen LogP contribution in [0.4, 0.5) is 11.9 Å². The zero-order valence-corrected chi connectivity index (χ0v) is 11.3. The number of carbonyl (C=O) groups is 1. The number of aromatic nitrogens is 5. The predicted octanol–water partition coefficient (Wildman–Crippen LogP) is -0.788. The SMILES string of the molecule is CCN(CC(=O)NC)c1nc(N)nc(-n2cccn2)n1. The number of nitrogens with zero attached hydrogens (tertiary/aromatic N) is 6.